The number of nitrogens with zero attached hydrogens (tertiary/aromatic N) is 1. The number of carbonyl (C=O) groups is 1. The molecule has 6 nitrogen and oxygen atoms in total. The van der Waals surface area contributed by atoms with Gasteiger partial charge in [-0.05, 0) is 25.8 Å². The summed E-state index contributed by atoms with van der Waals surface area (Å²) in [5, 5.41) is 12.3. The topological polar surface area (TPSA) is 97.5 Å². The first-order valence-corrected chi connectivity index (χ1v) is 5.85. The Hall–Kier alpha value is -1.82. The van der Waals surface area contributed by atoms with Crippen molar-refractivity contribution in [2.45, 2.75) is 25.3 Å². The normalized spacial score (nSPS) is 18.3. The van der Waals surface area contributed by atoms with Crippen molar-refractivity contribution in [3.8, 4) is 0 Å². The summed E-state index contributed by atoms with van der Waals surface area (Å²) in [5.41, 5.74) is 5.70. The third-order valence-electron chi connectivity index (χ3n) is 3.19. The Morgan fingerprint density at radius 1 is 1.56 bits per heavy atom. The second kappa shape index (κ2) is 4.81. The van der Waals surface area contributed by atoms with E-state index in [0.29, 0.717) is 19.0 Å². The number of hydrogen-bond donors (Lipinski definition) is 3. The molecule has 6 heteroatoms. The first kappa shape index (κ1) is 12.6. The van der Waals surface area contributed by atoms with Gasteiger partial charge >= 0.3 is 5.97 Å². The molecule has 4 N–H and O–H groups in total. The summed E-state index contributed by atoms with van der Waals surface area (Å²) in [5.74, 6) is -0.513. The van der Waals surface area contributed by atoms with Gasteiger partial charge in [0.05, 0.1) is 17.4 Å². The van der Waals surface area contributed by atoms with E-state index < -0.39 is 5.97 Å². The summed E-state index contributed by atoms with van der Waals surface area (Å²) in [6.07, 6.45) is 3.09. The highest BCUT2D eigenvalue weighted by atomic mass is 16.5. The van der Waals surface area contributed by atoms with Crippen molar-refractivity contribution in [1.29, 1.82) is 0 Å². The molecule has 0 saturated carbocycles. The molecule has 1 aromatic rings. The Bertz CT molecular complexity index is 456. The molecule has 0 unspecified atom stereocenters. The molecular formula is C12H17N3O3. The lowest BCUT2D eigenvalue weighted by molar-refractivity contribution is 0.0655. The van der Waals surface area contributed by atoms with Crippen LogP contribution in [0.25, 0.3) is 0 Å². The van der Waals surface area contributed by atoms with Crippen LogP contribution >= 0.6 is 0 Å². The molecule has 1 fully saturated rings. The van der Waals surface area contributed by atoms with E-state index in [4.69, 9.17) is 15.6 Å². The zero-order valence-electron chi connectivity index (χ0n) is 10.3. The first-order valence-electron chi connectivity index (χ1n) is 5.85. The van der Waals surface area contributed by atoms with Crippen LogP contribution in [0.2, 0.25) is 0 Å². The lowest BCUT2D eigenvalue weighted by atomic mass is 9.92. The molecule has 1 aliphatic heterocycles. The fraction of sp³-hybridized carbons (Fsp3) is 0.500. The quantitative estimate of drug-likeness (QED) is 0.750. The first-order chi connectivity index (χ1) is 8.50. The maximum absolute atomic E-state index is 11.0. The van der Waals surface area contributed by atoms with Crippen molar-refractivity contribution in [2.24, 2.45) is 0 Å². The maximum Gasteiger partial charge on any atom is 0.337 e. The van der Waals surface area contributed by atoms with Crippen LogP contribution < -0.4 is 11.1 Å². The minimum absolute atomic E-state index is 0.0724. The monoisotopic (exact) mass is 251 g/mol. The second-order valence-electron chi connectivity index (χ2n) is 4.76. The Labute approximate surface area is 105 Å². The molecule has 0 aliphatic carbocycles. The lowest BCUT2D eigenvalue weighted by Gasteiger charge is -2.35. The number of aromatic nitrogens is 1. The third-order valence-corrected chi connectivity index (χ3v) is 3.19. The fourth-order valence-corrected chi connectivity index (χ4v) is 1.98. The number of nitrogens with two attached hydrogens (primary N) is 1. The predicted octanol–water partition coefficient (Wildman–Crippen LogP) is 1.34. The van der Waals surface area contributed by atoms with Gasteiger partial charge in [-0.25, -0.2) is 9.78 Å². The van der Waals surface area contributed by atoms with E-state index >= 15 is 0 Å². The van der Waals surface area contributed by atoms with Gasteiger partial charge < -0.3 is 20.9 Å². The molecule has 1 aromatic heterocycles. The molecule has 0 atom stereocenters. The molecule has 0 amide bonds. The number of anilines is 2. The Morgan fingerprint density at radius 3 is 2.83 bits per heavy atom. The molecule has 0 radical (unpaired) electrons. The molecular weight excluding hydrogens is 234 g/mol. The second-order valence-corrected chi connectivity index (χ2v) is 4.76. The van der Waals surface area contributed by atoms with Crippen LogP contribution in [0.3, 0.4) is 0 Å². The van der Waals surface area contributed by atoms with Crippen LogP contribution in [0.1, 0.15) is 30.1 Å². The van der Waals surface area contributed by atoms with Crippen LogP contribution in [0.5, 0.6) is 0 Å². The predicted molar refractivity (Wildman–Crippen MR) is 67.7 cm³/mol. The molecule has 2 rings (SSSR count). The number of aromatic carboxylic acids is 1. The van der Waals surface area contributed by atoms with Gasteiger partial charge in [0.1, 0.15) is 5.82 Å². The Kier molecular flexibility index (Phi) is 3.38. The van der Waals surface area contributed by atoms with E-state index in [0.717, 1.165) is 12.8 Å². The Balaban J connectivity index is 2.18. The number of carboxylic acids is 1. The number of rotatable bonds is 3. The van der Waals surface area contributed by atoms with Crippen LogP contribution in [-0.2, 0) is 4.74 Å². The minimum Gasteiger partial charge on any atom is -0.478 e. The van der Waals surface area contributed by atoms with Gasteiger partial charge in [0.2, 0.25) is 0 Å². The molecule has 98 valence electrons. The molecule has 0 spiro atoms. The summed E-state index contributed by atoms with van der Waals surface area (Å²) in [4.78, 5) is 15.1. The summed E-state index contributed by atoms with van der Waals surface area (Å²) in [7, 11) is 0. The number of hydrogen-bond acceptors (Lipinski definition) is 5. The average Bonchev–Trinajstić information content (AvgIpc) is 2.32. The van der Waals surface area contributed by atoms with Gasteiger partial charge in [-0.3, -0.25) is 0 Å². The number of nitrogen functional groups attached to an aromatic ring is 1. The van der Waals surface area contributed by atoms with Crippen molar-refractivity contribution in [2.75, 3.05) is 24.3 Å². The van der Waals surface area contributed by atoms with Gasteiger partial charge in [-0.1, -0.05) is 0 Å². The van der Waals surface area contributed by atoms with Crippen LogP contribution in [-0.4, -0.2) is 34.8 Å². The molecule has 0 bridgehead atoms. The van der Waals surface area contributed by atoms with Crippen molar-refractivity contribution >= 4 is 17.5 Å². The SMILES string of the molecule is CC1(Nc2cc(C(=O)O)c(N)cn2)CCOCC1. The van der Waals surface area contributed by atoms with E-state index in [2.05, 4.69) is 17.2 Å². The standard InChI is InChI=1S/C12H17N3O3/c1-12(2-4-18-5-3-12)15-10-6-8(11(16)17)9(13)7-14-10/h6-7H,2-5,13H2,1H3,(H,14,15)(H,16,17). The minimum atomic E-state index is -1.05. The molecule has 1 saturated heterocycles. The van der Waals surface area contributed by atoms with E-state index in [1.807, 2.05) is 0 Å². The van der Waals surface area contributed by atoms with E-state index in [1.54, 1.807) is 0 Å². The summed E-state index contributed by atoms with van der Waals surface area (Å²) in [6.45, 7) is 3.47. The van der Waals surface area contributed by atoms with Crippen molar-refractivity contribution in [1.82, 2.24) is 4.98 Å². The summed E-state index contributed by atoms with van der Waals surface area (Å²) in [6, 6.07) is 1.47. The highest BCUT2D eigenvalue weighted by Gasteiger charge is 2.27. The summed E-state index contributed by atoms with van der Waals surface area (Å²) >= 11 is 0. The molecule has 0 aromatic carbocycles. The number of nitrogens with one attached hydrogen (secondary N) is 1. The van der Waals surface area contributed by atoms with E-state index in [-0.39, 0.29) is 16.8 Å². The van der Waals surface area contributed by atoms with Gasteiger partial charge in [0, 0.05) is 18.8 Å². The Morgan fingerprint density at radius 2 is 2.22 bits per heavy atom. The number of pyridine rings is 1. The summed E-state index contributed by atoms with van der Waals surface area (Å²) < 4.78 is 5.31. The average molecular weight is 251 g/mol. The zero-order chi connectivity index (χ0) is 13.2. The van der Waals surface area contributed by atoms with Crippen LogP contribution in [0, 0.1) is 0 Å². The van der Waals surface area contributed by atoms with Crippen molar-refractivity contribution in [3.05, 3.63) is 17.8 Å². The smallest absolute Gasteiger partial charge is 0.337 e. The molecule has 1 aliphatic rings. The van der Waals surface area contributed by atoms with Gasteiger partial charge in [-0.2, -0.15) is 0 Å². The van der Waals surface area contributed by atoms with E-state index in [9.17, 15) is 4.79 Å². The van der Waals surface area contributed by atoms with Crippen LogP contribution in [0.15, 0.2) is 12.3 Å². The highest BCUT2D eigenvalue weighted by Crippen LogP contribution is 2.25. The highest BCUT2D eigenvalue weighted by molar-refractivity contribution is 5.94. The largest absolute Gasteiger partial charge is 0.478 e. The van der Waals surface area contributed by atoms with Gasteiger partial charge in [-0.15, -0.1) is 0 Å². The molecule has 2 heterocycles. The van der Waals surface area contributed by atoms with E-state index in [1.165, 1.54) is 12.3 Å². The van der Waals surface area contributed by atoms with Gasteiger partial charge in [0.25, 0.3) is 0 Å². The van der Waals surface area contributed by atoms with Gasteiger partial charge in [0.15, 0.2) is 0 Å². The van der Waals surface area contributed by atoms with Crippen molar-refractivity contribution in [3.63, 3.8) is 0 Å². The molecule has 18 heavy (non-hydrogen) atoms. The third kappa shape index (κ3) is 2.70. The maximum atomic E-state index is 11.0. The zero-order valence-corrected chi connectivity index (χ0v) is 10.3. The number of carboxylic acid groups (broad SMARTS) is 1. The number of ether oxygens (including phenoxy) is 1. The van der Waals surface area contributed by atoms with Crippen molar-refractivity contribution < 1.29 is 14.6 Å². The fourth-order valence-electron chi connectivity index (χ4n) is 1.98. The lowest BCUT2D eigenvalue weighted by Crippen LogP contribution is -2.40. The van der Waals surface area contributed by atoms with Crippen LogP contribution in [0.4, 0.5) is 11.5 Å².